The van der Waals surface area contributed by atoms with E-state index in [0.29, 0.717) is 28.8 Å². The molecule has 0 atom stereocenters. The van der Waals surface area contributed by atoms with Gasteiger partial charge in [0.2, 0.25) is 0 Å². The summed E-state index contributed by atoms with van der Waals surface area (Å²) in [5, 5.41) is 8.40. The summed E-state index contributed by atoms with van der Waals surface area (Å²) in [6, 6.07) is 2.16. The van der Waals surface area contributed by atoms with Gasteiger partial charge in [0.05, 0.1) is 22.8 Å². The van der Waals surface area contributed by atoms with Crippen LogP contribution in [0.25, 0.3) is 16.9 Å². The number of rotatable bonds is 4. The predicted octanol–water partition coefficient (Wildman–Crippen LogP) is 0.884. The quantitative estimate of drug-likeness (QED) is 0.739. The molecule has 3 N–H and O–H groups in total. The number of carbonyl (C=O) groups excluding carboxylic acids is 1. The van der Waals surface area contributed by atoms with Crippen LogP contribution in [0.2, 0.25) is 0 Å². The molecule has 0 saturated heterocycles. The highest BCUT2D eigenvalue weighted by Crippen LogP contribution is 2.28. The third-order valence-electron chi connectivity index (χ3n) is 3.54. The standard InChI is InChI=1S/C14H13N7O/c15-13(22)10-6-17-12(3-11(10)20-9-1-2-9)21-14-8(5-19-21)4-16-7-18-14/h3-7,9H,1-2H2,(H2,15,22)(H,17,20). The Balaban J connectivity index is 1.83. The molecular weight excluding hydrogens is 282 g/mol. The van der Waals surface area contributed by atoms with Crippen molar-refractivity contribution in [2.24, 2.45) is 5.73 Å². The number of carbonyl (C=O) groups is 1. The zero-order valence-electron chi connectivity index (χ0n) is 11.6. The number of fused-ring (bicyclic) bond motifs is 1. The van der Waals surface area contributed by atoms with Crippen molar-refractivity contribution < 1.29 is 4.79 Å². The maximum atomic E-state index is 11.5. The topological polar surface area (TPSA) is 112 Å². The molecule has 1 aliphatic carbocycles. The second-order valence-corrected chi connectivity index (χ2v) is 5.23. The fourth-order valence-electron chi connectivity index (χ4n) is 2.27. The number of pyridine rings is 1. The molecule has 0 aromatic carbocycles. The molecule has 1 fully saturated rings. The predicted molar refractivity (Wildman–Crippen MR) is 79.6 cm³/mol. The number of nitrogens with one attached hydrogen (secondary N) is 1. The summed E-state index contributed by atoms with van der Waals surface area (Å²) in [5.74, 6) is 0.0664. The normalized spacial score (nSPS) is 14.2. The van der Waals surface area contributed by atoms with Gasteiger partial charge in [-0.1, -0.05) is 0 Å². The molecule has 1 amide bonds. The van der Waals surface area contributed by atoms with Crippen LogP contribution >= 0.6 is 0 Å². The molecule has 1 aliphatic rings. The molecule has 1 saturated carbocycles. The highest BCUT2D eigenvalue weighted by Gasteiger charge is 2.23. The van der Waals surface area contributed by atoms with E-state index in [4.69, 9.17) is 5.73 Å². The first kappa shape index (κ1) is 12.7. The van der Waals surface area contributed by atoms with Crippen LogP contribution in [-0.4, -0.2) is 36.7 Å². The van der Waals surface area contributed by atoms with Crippen molar-refractivity contribution >= 4 is 22.6 Å². The van der Waals surface area contributed by atoms with Crippen molar-refractivity contribution in [1.29, 1.82) is 0 Å². The zero-order chi connectivity index (χ0) is 15.1. The molecule has 0 unspecified atom stereocenters. The summed E-state index contributed by atoms with van der Waals surface area (Å²) < 4.78 is 1.61. The monoisotopic (exact) mass is 295 g/mol. The number of nitrogens with zero attached hydrogens (tertiary/aromatic N) is 5. The van der Waals surface area contributed by atoms with Crippen LogP contribution < -0.4 is 11.1 Å². The molecule has 3 heterocycles. The van der Waals surface area contributed by atoms with Gasteiger partial charge < -0.3 is 11.1 Å². The van der Waals surface area contributed by atoms with Gasteiger partial charge in [0.25, 0.3) is 5.91 Å². The van der Waals surface area contributed by atoms with Gasteiger partial charge in [-0.05, 0) is 12.8 Å². The Morgan fingerprint density at radius 3 is 2.91 bits per heavy atom. The molecule has 0 bridgehead atoms. The van der Waals surface area contributed by atoms with Gasteiger partial charge in [-0.2, -0.15) is 9.78 Å². The third-order valence-corrected chi connectivity index (χ3v) is 3.54. The lowest BCUT2D eigenvalue weighted by molar-refractivity contribution is 0.100. The fraction of sp³-hybridized carbons (Fsp3) is 0.214. The summed E-state index contributed by atoms with van der Waals surface area (Å²) >= 11 is 0. The van der Waals surface area contributed by atoms with E-state index >= 15 is 0 Å². The first-order valence-electron chi connectivity index (χ1n) is 6.93. The van der Waals surface area contributed by atoms with Crippen molar-refractivity contribution in [2.45, 2.75) is 18.9 Å². The Hall–Kier alpha value is -3.03. The first-order chi connectivity index (χ1) is 10.7. The van der Waals surface area contributed by atoms with Crippen LogP contribution in [0.3, 0.4) is 0 Å². The van der Waals surface area contributed by atoms with E-state index in [1.165, 1.54) is 12.5 Å². The number of hydrogen-bond donors (Lipinski definition) is 2. The van der Waals surface area contributed by atoms with Crippen LogP contribution in [0.5, 0.6) is 0 Å². The van der Waals surface area contributed by atoms with E-state index < -0.39 is 5.91 Å². The van der Waals surface area contributed by atoms with Crippen molar-refractivity contribution in [3.63, 3.8) is 0 Å². The van der Waals surface area contributed by atoms with E-state index in [2.05, 4.69) is 25.4 Å². The van der Waals surface area contributed by atoms with E-state index in [1.54, 1.807) is 23.1 Å². The fourth-order valence-corrected chi connectivity index (χ4v) is 2.27. The van der Waals surface area contributed by atoms with Crippen molar-refractivity contribution in [3.05, 3.63) is 36.5 Å². The number of hydrogen-bond acceptors (Lipinski definition) is 6. The van der Waals surface area contributed by atoms with E-state index in [0.717, 1.165) is 18.2 Å². The third kappa shape index (κ3) is 2.14. The molecule has 22 heavy (non-hydrogen) atoms. The van der Waals surface area contributed by atoms with Gasteiger partial charge in [0.15, 0.2) is 11.5 Å². The maximum absolute atomic E-state index is 11.5. The van der Waals surface area contributed by atoms with Gasteiger partial charge in [0.1, 0.15) is 6.33 Å². The Bertz CT molecular complexity index is 869. The highest BCUT2D eigenvalue weighted by molar-refractivity contribution is 5.98. The van der Waals surface area contributed by atoms with Crippen LogP contribution in [0.4, 0.5) is 5.69 Å². The molecule has 3 aromatic heterocycles. The van der Waals surface area contributed by atoms with Gasteiger partial charge in [-0.25, -0.2) is 15.0 Å². The lowest BCUT2D eigenvalue weighted by Crippen LogP contribution is -2.16. The van der Waals surface area contributed by atoms with Gasteiger partial charge in [-0.3, -0.25) is 4.79 Å². The average Bonchev–Trinajstić information content (AvgIpc) is 3.23. The lowest BCUT2D eigenvalue weighted by atomic mass is 10.2. The molecular formula is C14H13N7O. The second kappa shape index (κ2) is 4.76. The molecule has 0 spiro atoms. The minimum atomic E-state index is -0.505. The largest absolute Gasteiger partial charge is 0.382 e. The molecule has 3 aromatic rings. The molecule has 4 rings (SSSR count). The molecule has 0 aliphatic heterocycles. The number of nitrogens with two attached hydrogens (primary N) is 1. The Kier molecular flexibility index (Phi) is 2.75. The second-order valence-electron chi connectivity index (χ2n) is 5.23. The Labute approximate surface area is 125 Å². The van der Waals surface area contributed by atoms with Crippen molar-refractivity contribution in [2.75, 3.05) is 5.32 Å². The van der Waals surface area contributed by atoms with Gasteiger partial charge in [0, 0.05) is 24.5 Å². The van der Waals surface area contributed by atoms with Gasteiger partial charge in [-0.15, -0.1) is 0 Å². The molecule has 0 radical (unpaired) electrons. The molecule has 8 heteroatoms. The zero-order valence-corrected chi connectivity index (χ0v) is 11.6. The summed E-state index contributed by atoms with van der Waals surface area (Å²) in [6.45, 7) is 0. The van der Waals surface area contributed by atoms with Crippen LogP contribution in [0.15, 0.2) is 31.0 Å². The number of amides is 1. The van der Waals surface area contributed by atoms with Crippen LogP contribution in [0, 0.1) is 0 Å². The summed E-state index contributed by atoms with van der Waals surface area (Å²) in [4.78, 5) is 24.0. The number of primary amides is 1. The maximum Gasteiger partial charge on any atom is 0.252 e. The van der Waals surface area contributed by atoms with E-state index in [9.17, 15) is 4.79 Å². The smallest absolute Gasteiger partial charge is 0.252 e. The molecule has 110 valence electrons. The van der Waals surface area contributed by atoms with E-state index in [1.807, 2.05) is 0 Å². The van der Waals surface area contributed by atoms with Crippen LogP contribution in [-0.2, 0) is 0 Å². The average molecular weight is 295 g/mol. The first-order valence-corrected chi connectivity index (χ1v) is 6.93. The van der Waals surface area contributed by atoms with E-state index in [-0.39, 0.29) is 0 Å². The summed E-state index contributed by atoms with van der Waals surface area (Å²) in [5.41, 5.74) is 7.12. The highest BCUT2D eigenvalue weighted by atomic mass is 16.1. The lowest BCUT2D eigenvalue weighted by Gasteiger charge is -2.11. The summed E-state index contributed by atoms with van der Waals surface area (Å²) in [7, 11) is 0. The van der Waals surface area contributed by atoms with Crippen LogP contribution in [0.1, 0.15) is 23.2 Å². The molecule has 8 nitrogen and oxygen atoms in total. The van der Waals surface area contributed by atoms with Crippen molar-refractivity contribution in [1.82, 2.24) is 24.7 Å². The Morgan fingerprint density at radius 1 is 1.27 bits per heavy atom. The SMILES string of the molecule is NC(=O)c1cnc(-n2ncc3cncnc32)cc1NC1CC1. The van der Waals surface area contributed by atoms with Crippen molar-refractivity contribution in [3.8, 4) is 5.82 Å². The van der Waals surface area contributed by atoms with Gasteiger partial charge >= 0.3 is 0 Å². The summed E-state index contributed by atoms with van der Waals surface area (Å²) in [6.07, 6.45) is 8.47. The number of aromatic nitrogens is 5. The minimum Gasteiger partial charge on any atom is -0.382 e. The number of anilines is 1. The Morgan fingerprint density at radius 2 is 2.14 bits per heavy atom. The minimum absolute atomic E-state index is 0.377.